The van der Waals surface area contributed by atoms with Crippen LogP contribution in [0.4, 0.5) is 0 Å². The predicted molar refractivity (Wildman–Crippen MR) is 91.3 cm³/mol. The number of ether oxygens (including phenoxy) is 2. The van der Waals surface area contributed by atoms with Crippen molar-refractivity contribution in [3.05, 3.63) is 29.8 Å². The Labute approximate surface area is 135 Å². The highest BCUT2D eigenvalue weighted by atomic mass is 16.7. The molecular formula is C19H32O3. The molecule has 0 aromatic heterocycles. The van der Waals surface area contributed by atoms with E-state index < -0.39 is 0 Å². The number of unbranched alkanes of at least 4 members (excludes halogenated alkanes) is 6. The standard InChI is InChI=1S/C19H32O3/c1-3-4-5-6-7-8-9-12-18-13-10-11-14-19(18)22-17(2)21-16-15-20/h10-11,13-14,17,20H,3-9,12,15-16H2,1-2H3. The van der Waals surface area contributed by atoms with Gasteiger partial charge in [-0.25, -0.2) is 0 Å². The van der Waals surface area contributed by atoms with Gasteiger partial charge in [-0.05, 0) is 31.4 Å². The summed E-state index contributed by atoms with van der Waals surface area (Å²) in [5, 5.41) is 8.78. The van der Waals surface area contributed by atoms with Crippen LogP contribution in [0.3, 0.4) is 0 Å². The lowest BCUT2D eigenvalue weighted by atomic mass is 10.0. The maximum atomic E-state index is 8.78. The zero-order valence-electron chi connectivity index (χ0n) is 14.2. The first kappa shape index (κ1) is 19.0. The third-order valence-corrected chi connectivity index (χ3v) is 3.76. The minimum atomic E-state index is -0.331. The number of para-hydroxylation sites is 1. The Kier molecular flexibility index (Phi) is 10.8. The summed E-state index contributed by atoms with van der Waals surface area (Å²) in [6.07, 6.45) is 9.95. The van der Waals surface area contributed by atoms with Crippen LogP contribution in [0.1, 0.15) is 64.4 Å². The third-order valence-electron chi connectivity index (χ3n) is 3.76. The lowest BCUT2D eigenvalue weighted by Crippen LogP contribution is -2.19. The molecule has 0 heterocycles. The van der Waals surface area contributed by atoms with Crippen LogP contribution >= 0.6 is 0 Å². The molecule has 1 rings (SSSR count). The molecule has 0 fully saturated rings. The summed E-state index contributed by atoms with van der Waals surface area (Å²) < 4.78 is 11.2. The molecule has 1 N–H and O–H groups in total. The molecule has 1 aromatic carbocycles. The van der Waals surface area contributed by atoms with E-state index in [0.717, 1.165) is 12.2 Å². The summed E-state index contributed by atoms with van der Waals surface area (Å²) in [6, 6.07) is 8.17. The summed E-state index contributed by atoms with van der Waals surface area (Å²) in [6.45, 7) is 4.44. The molecule has 3 heteroatoms. The lowest BCUT2D eigenvalue weighted by molar-refractivity contribution is -0.0764. The van der Waals surface area contributed by atoms with Gasteiger partial charge in [-0.15, -0.1) is 0 Å². The SMILES string of the molecule is CCCCCCCCCc1ccccc1OC(C)OCCO. The van der Waals surface area contributed by atoms with Crippen LogP contribution in [-0.2, 0) is 11.2 Å². The summed E-state index contributed by atoms with van der Waals surface area (Å²) in [4.78, 5) is 0. The fourth-order valence-corrected chi connectivity index (χ4v) is 2.53. The highest BCUT2D eigenvalue weighted by Gasteiger charge is 2.08. The number of hydrogen-bond acceptors (Lipinski definition) is 3. The smallest absolute Gasteiger partial charge is 0.197 e. The zero-order valence-corrected chi connectivity index (χ0v) is 14.2. The Hall–Kier alpha value is -1.06. The van der Waals surface area contributed by atoms with Gasteiger partial charge in [0.25, 0.3) is 0 Å². The number of aliphatic hydroxyl groups excluding tert-OH is 1. The quantitative estimate of drug-likeness (QED) is 0.423. The molecule has 3 nitrogen and oxygen atoms in total. The first-order chi connectivity index (χ1) is 10.8. The highest BCUT2D eigenvalue weighted by molar-refractivity contribution is 5.33. The summed E-state index contributed by atoms with van der Waals surface area (Å²) in [5.41, 5.74) is 1.25. The van der Waals surface area contributed by atoms with E-state index in [1.54, 1.807) is 0 Å². The molecule has 1 unspecified atom stereocenters. The summed E-state index contributed by atoms with van der Waals surface area (Å²) in [7, 11) is 0. The van der Waals surface area contributed by atoms with Gasteiger partial charge in [0.2, 0.25) is 0 Å². The van der Waals surface area contributed by atoms with E-state index in [1.807, 2.05) is 19.1 Å². The van der Waals surface area contributed by atoms with Gasteiger partial charge >= 0.3 is 0 Å². The van der Waals surface area contributed by atoms with Gasteiger partial charge in [-0.3, -0.25) is 0 Å². The number of aliphatic hydroxyl groups is 1. The van der Waals surface area contributed by atoms with Gasteiger partial charge in [-0.2, -0.15) is 0 Å². The first-order valence-electron chi connectivity index (χ1n) is 8.75. The highest BCUT2D eigenvalue weighted by Crippen LogP contribution is 2.22. The van der Waals surface area contributed by atoms with Gasteiger partial charge in [0, 0.05) is 0 Å². The average molecular weight is 308 g/mol. The number of hydrogen-bond donors (Lipinski definition) is 1. The van der Waals surface area contributed by atoms with Crippen LogP contribution in [-0.4, -0.2) is 24.6 Å². The second kappa shape index (κ2) is 12.5. The molecule has 0 saturated heterocycles. The summed E-state index contributed by atoms with van der Waals surface area (Å²) in [5.74, 6) is 0.902. The van der Waals surface area contributed by atoms with Gasteiger partial charge in [-0.1, -0.05) is 63.6 Å². The molecular weight excluding hydrogens is 276 g/mol. The maximum Gasteiger partial charge on any atom is 0.197 e. The van der Waals surface area contributed by atoms with Crippen molar-refractivity contribution in [2.75, 3.05) is 13.2 Å². The fourth-order valence-electron chi connectivity index (χ4n) is 2.53. The van der Waals surface area contributed by atoms with Crippen molar-refractivity contribution < 1.29 is 14.6 Å². The molecule has 0 amide bonds. The van der Waals surface area contributed by atoms with Gasteiger partial charge in [0.15, 0.2) is 6.29 Å². The van der Waals surface area contributed by atoms with Crippen molar-refractivity contribution in [2.24, 2.45) is 0 Å². The number of benzene rings is 1. The molecule has 0 bridgehead atoms. The normalized spacial score (nSPS) is 12.3. The third kappa shape index (κ3) is 8.40. The van der Waals surface area contributed by atoms with Crippen molar-refractivity contribution in [2.45, 2.75) is 71.5 Å². The average Bonchev–Trinajstić information content (AvgIpc) is 2.53. The molecule has 0 radical (unpaired) electrons. The second-order valence-corrected chi connectivity index (χ2v) is 5.76. The molecule has 1 aromatic rings. The van der Waals surface area contributed by atoms with Crippen molar-refractivity contribution in [3.63, 3.8) is 0 Å². The monoisotopic (exact) mass is 308 g/mol. The van der Waals surface area contributed by atoms with E-state index in [4.69, 9.17) is 14.6 Å². The van der Waals surface area contributed by atoms with Crippen LogP contribution in [0.5, 0.6) is 5.75 Å². The maximum absolute atomic E-state index is 8.78. The number of rotatable bonds is 13. The first-order valence-corrected chi connectivity index (χ1v) is 8.75. The predicted octanol–water partition coefficient (Wildman–Crippen LogP) is 4.71. The molecule has 0 aliphatic heterocycles. The van der Waals surface area contributed by atoms with Crippen LogP contribution in [0.2, 0.25) is 0 Å². The molecule has 0 spiro atoms. The van der Waals surface area contributed by atoms with E-state index in [-0.39, 0.29) is 12.9 Å². The van der Waals surface area contributed by atoms with Crippen LogP contribution < -0.4 is 4.74 Å². The van der Waals surface area contributed by atoms with E-state index in [1.165, 1.54) is 50.5 Å². The Morgan fingerprint density at radius 3 is 2.41 bits per heavy atom. The van der Waals surface area contributed by atoms with Gasteiger partial charge < -0.3 is 14.6 Å². The Morgan fingerprint density at radius 2 is 1.68 bits per heavy atom. The van der Waals surface area contributed by atoms with Crippen molar-refractivity contribution in [1.82, 2.24) is 0 Å². The van der Waals surface area contributed by atoms with Crippen LogP contribution in [0, 0.1) is 0 Å². The Bertz CT molecular complexity index is 379. The van der Waals surface area contributed by atoms with E-state index in [2.05, 4.69) is 19.1 Å². The molecule has 0 aliphatic rings. The molecule has 0 aliphatic carbocycles. The van der Waals surface area contributed by atoms with Crippen molar-refractivity contribution >= 4 is 0 Å². The van der Waals surface area contributed by atoms with Crippen LogP contribution in [0.15, 0.2) is 24.3 Å². The Morgan fingerprint density at radius 1 is 1.00 bits per heavy atom. The van der Waals surface area contributed by atoms with E-state index in [9.17, 15) is 0 Å². The largest absolute Gasteiger partial charge is 0.465 e. The minimum Gasteiger partial charge on any atom is -0.465 e. The van der Waals surface area contributed by atoms with Gasteiger partial charge in [0.05, 0.1) is 13.2 Å². The van der Waals surface area contributed by atoms with Gasteiger partial charge in [0.1, 0.15) is 5.75 Å². The van der Waals surface area contributed by atoms with E-state index >= 15 is 0 Å². The van der Waals surface area contributed by atoms with Crippen LogP contribution in [0.25, 0.3) is 0 Å². The second-order valence-electron chi connectivity index (χ2n) is 5.76. The molecule has 126 valence electrons. The van der Waals surface area contributed by atoms with Crippen molar-refractivity contribution in [3.8, 4) is 5.75 Å². The molecule has 1 atom stereocenters. The fraction of sp³-hybridized carbons (Fsp3) is 0.684. The lowest BCUT2D eigenvalue weighted by Gasteiger charge is -2.17. The molecule has 0 saturated carbocycles. The minimum absolute atomic E-state index is 0.0212. The van der Waals surface area contributed by atoms with Crippen molar-refractivity contribution in [1.29, 1.82) is 0 Å². The number of aryl methyl sites for hydroxylation is 1. The van der Waals surface area contributed by atoms with E-state index in [0.29, 0.717) is 6.61 Å². The topological polar surface area (TPSA) is 38.7 Å². The summed E-state index contributed by atoms with van der Waals surface area (Å²) >= 11 is 0. The zero-order chi connectivity index (χ0) is 16.0. The Balaban J connectivity index is 2.30. The molecule has 22 heavy (non-hydrogen) atoms.